The minimum atomic E-state index is -0.450. The maximum absolute atomic E-state index is 12.1. The number of ether oxygens (including phenoxy) is 1. The molecule has 0 aliphatic carbocycles. The van der Waals surface area contributed by atoms with Crippen LogP contribution in [0.5, 0.6) is 5.75 Å². The van der Waals surface area contributed by atoms with Crippen LogP contribution < -0.4 is 10.3 Å². The number of nitro benzene ring substituents is 1. The van der Waals surface area contributed by atoms with Gasteiger partial charge in [-0.3, -0.25) is 14.9 Å². The number of rotatable bonds is 6. The van der Waals surface area contributed by atoms with Gasteiger partial charge in [-0.25, -0.2) is 0 Å². The van der Waals surface area contributed by atoms with E-state index in [9.17, 15) is 14.9 Å². The Bertz CT molecular complexity index is 967. The maximum atomic E-state index is 12.1. The topological polar surface area (TPSA) is 74.4 Å². The van der Waals surface area contributed by atoms with E-state index in [2.05, 4.69) is 0 Å². The third-order valence-corrected chi connectivity index (χ3v) is 4.04. The standard InChI is InChI=1S/C18H15ClN2O4/c19-14-3-6-16(7-4-14)25-11-1-10-20-17-8-5-15(21(23)24)12-13(17)2-9-18(20)22/h2-9,12H,1,10-11H2. The Kier molecular flexibility index (Phi) is 5.00. The zero-order valence-electron chi connectivity index (χ0n) is 13.2. The molecule has 128 valence electrons. The molecule has 0 aliphatic heterocycles. The molecule has 0 N–H and O–H groups in total. The van der Waals surface area contributed by atoms with Crippen molar-refractivity contribution in [1.29, 1.82) is 0 Å². The molecule has 0 atom stereocenters. The van der Waals surface area contributed by atoms with Crippen LogP contribution in [0.4, 0.5) is 5.69 Å². The second-order valence-electron chi connectivity index (χ2n) is 5.48. The molecule has 1 aromatic heterocycles. The Balaban J connectivity index is 1.72. The second kappa shape index (κ2) is 7.36. The summed E-state index contributed by atoms with van der Waals surface area (Å²) in [5.74, 6) is 0.713. The van der Waals surface area contributed by atoms with Gasteiger partial charge in [0, 0.05) is 35.2 Å². The monoisotopic (exact) mass is 358 g/mol. The summed E-state index contributed by atoms with van der Waals surface area (Å²) in [5.41, 5.74) is 0.529. The van der Waals surface area contributed by atoms with Crippen LogP contribution in [-0.2, 0) is 6.54 Å². The van der Waals surface area contributed by atoms with Crippen LogP contribution in [0.15, 0.2) is 59.4 Å². The second-order valence-corrected chi connectivity index (χ2v) is 5.92. The molecule has 6 nitrogen and oxygen atoms in total. The molecule has 0 unspecified atom stereocenters. The van der Waals surface area contributed by atoms with Gasteiger partial charge in [0.1, 0.15) is 5.75 Å². The fourth-order valence-corrected chi connectivity index (χ4v) is 2.70. The van der Waals surface area contributed by atoms with Crippen LogP contribution in [0.3, 0.4) is 0 Å². The van der Waals surface area contributed by atoms with E-state index in [0.717, 1.165) is 0 Å². The Labute approximate surface area is 148 Å². The van der Waals surface area contributed by atoms with Crippen molar-refractivity contribution < 1.29 is 9.66 Å². The average molecular weight is 359 g/mol. The van der Waals surface area contributed by atoms with Crippen LogP contribution in [-0.4, -0.2) is 16.1 Å². The molecule has 7 heteroatoms. The molecule has 0 saturated carbocycles. The third-order valence-electron chi connectivity index (χ3n) is 3.79. The first-order chi connectivity index (χ1) is 12.0. The summed E-state index contributed by atoms with van der Waals surface area (Å²) in [6.07, 6.45) is 0.624. The number of fused-ring (bicyclic) bond motifs is 1. The largest absolute Gasteiger partial charge is 0.494 e. The zero-order valence-corrected chi connectivity index (χ0v) is 14.0. The first-order valence-corrected chi connectivity index (χ1v) is 8.09. The van der Waals surface area contributed by atoms with E-state index in [1.807, 2.05) is 0 Å². The van der Waals surface area contributed by atoms with Crippen LogP contribution in [0.1, 0.15) is 6.42 Å². The molecule has 0 fully saturated rings. The van der Waals surface area contributed by atoms with E-state index < -0.39 is 4.92 Å². The van der Waals surface area contributed by atoms with Crippen molar-refractivity contribution in [3.63, 3.8) is 0 Å². The first-order valence-electron chi connectivity index (χ1n) is 7.71. The van der Waals surface area contributed by atoms with Gasteiger partial charge in [-0.1, -0.05) is 11.6 Å². The van der Waals surface area contributed by atoms with Gasteiger partial charge >= 0.3 is 0 Å². The van der Waals surface area contributed by atoms with E-state index in [1.54, 1.807) is 41.0 Å². The summed E-state index contributed by atoms with van der Waals surface area (Å²) in [7, 11) is 0. The number of non-ortho nitro benzene ring substituents is 1. The predicted molar refractivity (Wildman–Crippen MR) is 96.4 cm³/mol. The molecule has 0 spiro atoms. The molecule has 2 aromatic carbocycles. The number of hydrogen-bond acceptors (Lipinski definition) is 4. The van der Waals surface area contributed by atoms with E-state index in [4.69, 9.17) is 16.3 Å². The van der Waals surface area contributed by atoms with Gasteiger partial charge in [-0.05, 0) is 42.8 Å². The van der Waals surface area contributed by atoms with Crippen molar-refractivity contribution in [1.82, 2.24) is 4.57 Å². The molecule has 3 aromatic rings. The summed E-state index contributed by atoms with van der Waals surface area (Å²) in [6.45, 7) is 0.902. The van der Waals surface area contributed by atoms with Crippen LogP contribution in [0.2, 0.25) is 5.02 Å². The highest BCUT2D eigenvalue weighted by atomic mass is 35.5. The lowest BCUT2D eigenvalue weighted by Crippen LogP contribution is -2.20. The van der Waals surface area contributed by atoms with Gasteiger partial charge in [0.05, 0.1) is 17.0 Å². The van der Waals surface area contributed by atoms with E-state index in [-0.39, 0.29) is 11.2 Å². The normalized spacial score (nSPS) is 10.8. The maximum Gasteiger partial charge on any atom is 0.270 e. The zero-order chi connectivity index (χ0) is 17.8. The van der Waals surface area contributed by atoms with Gasteiger partial charge in [0.15, 0.2) is 0 Å². The molecule has 0 bridgehead atoms. The van der Waals surface area contributed by atoms with Crippen molar-refractivity contribution in [2.24, 2.45) is 0 Å². The average Bonchev–Trinajstić information content (AvgIpc) is 2.61. The lowest BCUT2D eigenvalue weighted by atomic mass is 10.2. The molecule has 0 saturated heterocycles. The Morgan fingerprint density at radius 2 is 1.84 bits per heavy atom. The Morgan fingerprint density at radius 3 is 2.56 bits per heavy atom. The van der Waals surface area contributed by atoms with Crippen LogP contribution >= 0.6 is 11.6 Å². The molecule has 0 radical (unpaired) electrons. The minimum absolute atomic E-state index is 0.00349. The lowest BCUT2D eigenvalue weighted by Gasteiger charge is -2.11. The molecule has 1 heterocycles. The van der Waals surface area contributed by atoms with Crippen molar-refractivity contribution in [2.45, 2.75) is 13.0 Å². The fourth-order valence-electron chi connectivity index (χ4n) is 2.58. The van der Waals surface area contributed by atoms with Crippen molar-refractivity contribution in [3.05, 3.63) is 80.1 Å². The highest BCUT2D eigenvalue weighted by Crippen LogP contribution is 2.20. The van der Waals surface area contributed by atoms with Crippen molar-refractivity contribution in [3.8, 4) is 5.75 Å². The number of pyridine rings is 1. The highest BCUT2D eigenvalue weighted by molar-refractivity contribution is 6.30. The summed E-state index contributed by atoms with van der Waals surface area (Å²) in [6, 6.07) is 14.6. The van der Waals surface area contributed by atoms with Crippen LogP contribution in [0.25, 0.3) is 10.9 Å². The number of nitro groups is 1. The van der Waals surface area contributed by atoms with Crippen molar-refractivity contribution in [2.75, 3.05) is 6.61 Å². The third kappa shape index (κ3) is 3.97. The minimum Gasteiger partial charge on any atom is -0.494 e. The van der Waals surface area contributed by atoms with Crippen molar-refractivity contribution >= 4 is 28.2 Å². The molecular formula is C18H15ClN2O4. The quantitative estimate of drug-likeness (QED) is 0.379. The van der Waals surface area contributed by atoms with E-state index in [0.29, 0.717) is 41.2 Å². The fraction of sp³-hybridized carbons (Fsp3) is 0.167. The van der Waals surface area contributed by atoms with Gasteiger partial charge in [0.2, 0.25) is 0 Å². The van der Waals surface area contributed by atoms with Gasteiger partial charge < -0.3 is 9.30 Å². The SMILES string of the molecule is O=c1ccc2cc([N+](=O)[O-])ccc2n1CCCOc1ccc(Cl)cc1. The summed E-state index contributed by atoms with van der Waals surface area (Å²) in [5, 5.41) is 12.2. The number of hydrogen-bond donors (Lipinski definition) is 0. The number of aromatic nitrogens is 1. The highest BCUT2D eigenvalue weighted by Gasteiger charge is 2.09. The van der Waals surface area contributed by atoms with Crippen LogP contribution in [0, 0.1) is 10.1 Å². The smallest absolute Gasteiger partial charge is 0.270 e. The molecule has 0 aliphatic rings. The number of halogens is 1. The molecule has 25 heavy (non-hydrogen) atoms. The lowest BCUT2D eigenvalue weighted by molar-refractivity contribution is -0.384. The summed E-state index contributed by atoms with van der Waals surface area (Å²) >= 11 is 5.82. The Hall–Kier alpha value is -2.86. The number of aryl methyl sites for hydroxylation is 1. The van der Waals surface area contributed by atoms with E-state index in [1.165, 1.54) is 18.2 Å². The first kappa shape index (κ1) is 17.0. The molecule has 3 rings (SSSR count). The number of benzene rings is 2. The van der Waals surface area contributed by atoms with E-state index >= 15 is 0 Å². The summed E-state index contributed by atoms with van der Waals surface area (Å²) in [4.78, 5) is 22.6. The van der Waals surface area contributed by atoms with Gasteiger partial charge in [-0.2, -0.15) is 0 Å². The summed E-state index contributed by atoms with van der Waals surface area (Å²) < 4.78 is 7.22. The van der Waals surface area contributed by atoms with Gasteiger partial charge in [-0.15, -0.1) is 0 Å². The molecular weight excluding hydrogens is 344 g/mol. The number of nitrogens with zero attached hydrogens (tertiary/aromatic N) is 2. The molecule has 0 amide bonds. The van der Waals surface area contributed by atoms with Gasteiger partial charge in [0.25, 0.3) is 11.2 Å². The predicted octanol–water partition coefficient (Wildman–Crippen LogP) is 4.03. The Morgan fingerprint density at radius 1 is 1.08 bits per heavy atom.